The van der Waals surface area contributed by atoms with Crippen LogP contribution in [0.2, 0.25) is 0 Å². The highest BCUT2D eigenvalue weighted by Gasteiger charge is 2.08. The van der Waals surface area contributed by atoms with E-state index in [-0.39, 0.29) is 5.69 Å². The van der Waals surface area contributed by atoms with Crippen LogP contribution < -0.4 is 16.0 Å². The molecule has 0 aliphatic rings. The number of carbonyl (C=O) groups excluding carboxylic acids is 1. The number of pyridine rings is 1. The molecule has 0 saturated carbocycles. The van der Waals surface area contributed by atoms with E-state index < -0.39 is 5.91 Å². The van der Waals surface area contributed by atoms with Crippen molar-refractivity contribution in [3.05, 3.63) is 36.4 Å². The van der Waals surface area contributed by atoms with Gasteiger partial charge in [-0.1, -0.05) is 0 Å². The van der Waals surface area contributed by atoms with Gasteiger partial charge in [-0.05, 0) is 13.0 Å². The summed E-state index contributed by atoms with van der Waals surface area (Å²) >= 11 is 0. The molecule has 98 valence electrons. The maximum absolute atomic E-state index is 11.4. The Hall–Kier alpha value is -2.54. The molecule has 1 amide bonds. The van der Waals surface area contributed by atoms with Gasteiger partial charge in [0.1, 0.15) is 5.69 Å². The van der Waals surface area contributed by atoms with E-state index in [4.69, 9.17) is 10.6 Å². The fraction of sp³-hybridized carbons (Fsp3) is 0.167. The van der Waals surface area contributed by atoms with Crippen molar-refractivity contribution >= 4 is 5.91 Å². The summed E-state index contributed by atoms with van der Waals surface area (Å²) < 4.78 is 5.25. The second-order valence-electron chi connectivity index (χ2n) is 3.58. The first kappa shape index (κ1) is 12.9. The topological polar surface area (TPSA) is 103 Å². The fourth-order valence-corrected chi connectivity index (χ4v) is 1.45. The predicted molar refractivity (Wildman–Crippen MR) is 68.1 cm³/mol. The highest BCUT2D eigenvalue weighted by atomic mass is 16.5. The molecule has 0 unspecified atom stereocenters. The van der Waals surface area contributed by atoms with E-state index in [0.717, 1.165) is 5.56 Å². The molecule has 2 heterocycles. The molecule has 2 aromatic rings. The lowest BCUT2D eigenvalue weighted by atomic mass is 10.2. The molecule has 0 radical (unpaired) electrons. The van der Waals surface area contributed by atoms with Crippen LogP contribution in [0.15, 0.2) is 30.7 Å². The number of amides is 1. The predicted octanol–water partition coefficient (Wildman–Crippen LogP) is 0.541. The molecule has 0 bridgehead atoms. The molecule has 7 heteroatoms. The zero-order valence-corrected chi connectivity index (χ0v) is 10.3. The van der Waals surface area contributed by atoms with Gasteiger partial charge in [0, 0.05) is 17.8 Å². The molecule has 0 aliphatic carbocycles. The first-order valence-electron chi connectivity index (χ1n) is 5.66. The molecule has 0 saturated heterocycles. The molecule has 2 aromatic heterocycles. The first-order chi connectivity index (χ1) is 9.24. The van der Waals surface area contributed by atoms with Gasteiger partial charge in [0.2, 0.25) is 5.88 Å². The number of nitrogen functional groups attached to an aromatic ring is 1. The highest BCUT2D eigenvalue weighted by Crippen LogP contribution is 2.17. The minimum atomic E-state index is -0.492. The van der Waals surface area contributed by atoms with Crippen molar-refractivity contribution in [1.82, 2.24) is 20.4 Å². The summed E-state index contributed by atoms with van der Waals surface area (Å²) in [5, 5.41) is 0. The lowest BCUT2D eigenvalue weighted by Crippen LogP contribution is -2.30. The van der Waals surface area contributed by atoms with Gasteiger partial charge in [0.05, 0.1) is 24.7 Å². The largest absolute Gasteiger partial charge is 0.478 e. The van der Waals surface area contributed by atoms with Crippen molar-refractivity contribution < 1.29 is 9.53 Å². The minimum absolute atomic E-state index is 0.147. The van der Waals surface area contributed by atoms with Gasteiger partial charge in [-0.3, -0.25) is 15.2 Å². The highest BCUT2D eigenvalue weighted by molar-refractivity contribution is 5.91. The Labute approximate surface area is 109 Å². The lowest BCUT2D eigenvalue weighted by Gasteiger charge is -2.04. The minimum Gasteiger partial charge on any atom is -0.478 e. The fourth-order valence-electron chi connectivity index (χ4n) is 1.45. The van der Waals surface area contributed by atoms with E-state index in [1.165, 1.54) is 6.20 Å². The van der Waals surface area contributed by atoms with E-state index in [0.29, 0.717) is 18.2 Å². The number of nitrogens with two attached hydrogens (primary N) is 1. The van der Waals surface area contributed by atoms with E-state index in [9.17, 15) is 4.79 Å². The molecular weight excluding hydrogens is 246 g/mol. The molecule has 0 spiro atoms. The summed E-state index contributed by atoms with van der Waals surface area (Å²) in [6.45, 7) is 2.44. The van der Waals surface area contributed by atoms with E-state index >= 15 is 0 Å². The Morgan fingerprint density at radius 2 is 2.21 bits per heavy atom. The van der Waals surface area contributed by atoms with Crippen molar-refractivity contribution in [1.29, 1.82) is 0 Å². The van der Waals surface area contributed by atoms with Gasteiger partial charge in [0.15, 0.2) is 0 Å². The Morgan fingerprint density at radius 3 is 2.84 bits per heavy atom. The summed E-state index contributed by atoms with van der Waals surface area (Å²) in [7, 11) is 0. The van der Waals surface area contributed by atoms with Crippen LogP contribution in [0.3, 0.4) is 0 Å². The number of hydrazine groups is 1. The summed E-state index contributed by atoms with van der Waals surface area (Å²) in [6.07, 6.45) is 4.50. The third-order valence-corrected chi connectivity index (χ3v) is 2.32. The number of hydrogen-bond donors (Lipinski definition) is 2. The number of nitrogens with zero attached hydrogens (tertiary/aromatic N) is 3. The van der Waals surface area contributed by atoms with Crippen molar-refractivity contribution in [3.63, 3.8) is 0 Å². The number of ether oxygens (including phenoxy) is 1. The summed E-state index contributed by atoms with van der Waals surface area (Å²) in [5.41, 5.74) is 3.43. The van der Waals surface area contributed by atoms with Gasteiger partial charge in [0.25, 0.3) is 5.91 Å². The molecule has 19 heavy (non-hydrogen) atoms. The van der Waals surface area contributed by atoms with Crippen molar-refractivity contribution in [2.45, 2.75) is 6.92 Å². The number of rotatable bonds is 4. The average molecular weight is 259 g/mol. The van der Waals surface area contributed by atoms with Crippen molar-refractivity contribution in [2.75, 3.05) is 6.61 Å². The van der Waals surface area contributed by atoms with Crippen LogP contribution in [-0.4, -0.2) is 27.5 Å². The Kier molecular flexibility index (Phi) is 3.99. The smallest absolute Gasteiger partial charge is 0.285 e. The number of carbonyl (C=O) groups is 1. The third kappa shape index (κ3) is 3.02. The quantitative estimate of drug-likeness (QED) is 0.472. The van der Waals surface area contributed by atoms with E-state index in [1.54, 1.807) is 24.5 Å². The summed E-state index contributed by atoms with van der Waals surface area (Å²) in [4.78, 5) is 23.6. The summed E-state index contributed by atoms with van der Waals surface area (Å²) in [6, 6.07) is 3.53. The average Bonchev–Trinajstić information content (AvgIpc) is 2.48. The Morgan fingerprint density at radius 1 is 1.37 bits per heavy atom. The maximum atomic E-state index is 11.4. The van der Waals surface area contributed by atoms with Crippen LogP contribution >= 0.6 is 0 Å². The van der Waals surface area contributed by atoms with Gasteiger partial charge in [-0.15, -0.1) is 0 Å². The molecule has 2 rings (SSSR count). The zero-order valence-electron chi connectivity index (χ0n) is 10.3. The molecule has 0 aliphatic heterocycles. The maximum Gasteiger partial charge on any atom is 0.285 e. The number of aromatic nitrogens is 3. The van der Waals surface area contributed by atoms with E-state index in [1.807, 2.05) is 12.3 Å². The summed E-state index contributed by atoms with van der Waals surface area (Å²) in [5.74, 6) is 5.09. The van der Waals surface area contributed by atoms with Gasteiger partial charge < -0.3 is 4.74 Å². The van der Waals surface area contributed by atoms with Gasteiger partial charge in [-0.2, -0.15) is 0 Å². The molecule has 0 fully saturated rings. The molecule has 0 aromatic carbocycles. The van der Waals surface area contributed by atoms with E-state index in [2.05, 4.69) is 15.0 Å². The van der Waals surface area contributed by atoms with Crippen LogP contribution in [0.25, 0.3) is 11.3 Å². The number of nitrogens with one attached hydrogen (secondary N) is 1. The Bertz CT molecular complexity index is 571. The molecule has 7 nitrogen and oxygen atoms in total. The number of hydrogen-bond acceptors (Lipinski definition) is 6. The zero-order chi connectivity index (χ0) is 13.7. The van der Waals surface area contributed by atoms with Crippen LogP contribution in [0, 0.1) is 0 Å². The normalized spacial score (nSPS) is 10.0. The monoisotopic (exact) mass is 259 g/mol. The van der Waals surface area contributed by atoms with Crippen LogP contribution in [0.5, 0.6) is 5.88 Å². The van der Waals surface area contributed by atoms with Gasteiger partial charge >= 0.3 is 0 Å². The second-order valence-corrected chi connectivity index (χ2v) is 3.58. The SMILES string of the molecule is CCOc1ccc(-c2cncc(C(=O)NN)n2)cn1. The van der Waals surface area contributed by atoms with Gasteiger partial charge in [-0.25, -0.2) is 15.8 Å². The lowest BCUT2D eigenvalue weighted by molar-refractivity contribution is 0.0948. The molecule has 0 atom stereocenters. The van der Waals surface area contributed by atoms with Crippen LogP contribution in [0.4, 0.5) is 0 Å². The molecule has 3 N–H and O–H groups in total. The first-order valence-corrected chi connectivity index (χ1v) is 5.66. The van der Waals surface area contributed by atoms with Crippen molar-refractivity contribution in [3.8, 4) is 17.1 Å². The standard InChI is InChI=1S/C12H13N5O2/c1-2-19-11-4-3-8(5-15-11)9-6-14-7-10(16-9)12(18)17-13/h3-7H,2,13H2,1H3,(H,17,18). The third-order valence-electron chi connectivity index (χ3n) is 2.32. The Balaban J connectivity index is 2.28. The van der Waals surface area contributed by atoms with Crippen molar-refractivity contribution in [2.24, 2.45) is 5.84 Å². The second kappa shape index (κ2) is 5.87. The molecular formula is C12H13N5O2. The van der Waals surface area contributed by atoms with Crippen LogP contribution in [0.1, 0.15) is 17.4 Å². The van der Waals surface area contributed by atoms with Crippen LogP contribution in [-0.2, 0) is 0 Å².